The largest absolute Gasteiger partial charge is 0.147 e. The molecular weight excluding hydrogens is 228 g/mol. The molecule has 0 radical (unpaired) electrons. The Balaban J connectivity index is 0. The first-order valence-electron chi connectivity index (χ1n) is 7.62. The van der Waals surface area contributed by atoms with E-state index in [1.54, 1.807) is 0 Å². The zero-order chi connectivity index (χ0) is 12.3. The fourth-order valence-electron chi connectivity index (χ4n) is 2.34. The summed E-state index contributed by atoms with van der Waals surface area (Å²) in [6.45, 7) is 9.47. The van der Waals surface area contributed by atoms with Gasteiger partial charge in [0.2, 0.25) is 0 Å². The SMILES string of the molecule is CCCCCCCCCC(C)(C)CCCC.Cl. The van der Waals surface area contributed by atoms with Gasteiger partial charge in [-0.05, 0) is 18.3 Å². The van der Waals surface area contributed by atoms with Gasteiger partial charge in [-0.2, -0.15) is 0 Å². The number of unbranched alkanes of at least 4 members (excludes halogenated alkanes) is 7. The maximum atomic E-state index is 2.44. The summed E-state index contributed by atoms with van der Waals surface area (Å²) in [5, 5.41) is 0. The third-order valence-electron chi connectivity index (χ3n) is 3.66. The molecule has 0 spiro atoms. The summed E-state index contributed by atoms with van der Waals surface area (Å²) in [5.41, 5.74) is 0.597. The van der Waals surface area contributed by atoms with Gasteiger partial charge in [-0.15, -0.1) is 12.4 Å². The lowest BCUT2D eigenvalue weighted by Gasteiger charge is -2.24. The van der Waals surface area contributed by atoms with E-state index in [0.29, 0.717) is 5.41 Å². The highest BCUT2D eigenvalue weighted by Crippen LogP contribution is 2.29. The Labute approximate surface area is 116 Å². The van der Waals surface area contributed by atoms with Crippen LogP contribution in [0.4, 0.5) is 0 Å². The van der Waals surface area contributed by atoms with Gasteiger partial charge in [0, 0.05) is 0 Å². The van der Waals surface area contributed by atoms with E-state index in [-0.39, 0.29) is 12.4 Å². The van der Waals surface area contributed by atoms with Gasteiger partial charge >= 0.3 is 0 Å². The molecule has 0 aliphatic carbocycles. The van der Waals surface area contributed by atoms with Crippen molar-refractivity contribution in [3.8, 4) is 0 Å². The molecule has 0 saturated heterocycles. The van der Waals surface area contributed by atoms with Gasteiger partial charge in [0.15, 0.2) is 0 Å². The summed E-state index contributed by atoms with van der Waals surface area (Å²) < 4.78 is 0. The molecule has 0 rings (SSSR count). The quantitative estimate of drug-likeness (QED) is 0.361. The van der Waals surface area contributed by atoms with Gasteiger partial charge in [0.05, 0.1) is 0 Å². The molecule has 0 aliphatic rings. The zero-order valence-corrected chi connectivity index (χ0v) is 13.5. The molecule has 0 fully saturated rings. The minimum absolute atomic E-state index is 0. The molecule has 0 aromatic heterocycles. The third-order valence-corrected chi connectivity index (χ3v) is 3.66. The maximum absolute atomic E-state index is 2.44. The van der Waals surface area contributed by atoms with E-state index in [2.05, 4.69) is 27.7 Å². The van der Waals surface area contributed by atoms with Crippen LogP contribution in [-0.4, -0.2) is 0 Å². The van der Waals surface area contributed by atoms with Crippen molar-refractivity contribution >= 4 is 12.4 Å². The van der Waals surface area contributed by atoms with Crippen LogP contribution in [0.15, 0.2) is 0 Å². The minimum atomic E-state index is 0. The molecule has 0 saturated carbocycles. The standard InChI is InChI=1S/C16H34.ClH/c1-5-7-9-10-11-12-13-15-16(3,4)14-8-6-2;/h5-15H2,1-4H3;1H. The molecule has 17 heavy (non-hydrogen) atoms. The summed E-state index contributed by atoms with van der Waals surface area (Å²) in [7, 11) is 0. The maximum Gasteiger partial charge on any atom is -0.0354 e. The van der Waals surface area contributed by atoms with Gasteiger partial charge in [-0.25, -0.2) is 0 Å². The summed E-state index contributed by atoms with van der Waals surface area (Å²) in [6.07, 6.45) is 15.7. The Morgan fingerprint density at radius 2 is 1.00 bits per heavy atom. The second kappa shape index (κ2) is 12.7. The number of hydrogen-bond acceptors (Lipinski definition) is 0. The van der Waals surface area contributed by atoms with E-state index in [1.165, 1.54) is 70.6 Å². The normalized spacial score (nSPS) is 11.3. The molecule has 0 bridgehead atoms. The van der Waals surface area contributed by atoms with Crippen LogP contribution >= 0.6 is 12.4 Å². The number of halogens is 1. The smallest absolute Gasteiger partial charge is 0.0354 e. The lowest BCUT2D eigenvalue weighted by Crippen LogP contribution is -2.10. The van der Waals surface area contributed by atoms with Crippen molar-refractivity contribution in [2.24, 2.45) is 5.41 Å². The molecule has 0 atom stereocenters. The van der Waals surface area contributed by atoms with Crippen LogP contribution < -0.4 is 0 Å². The van der Waals surface area contributed by atoms with Gasteiger partial charge in [0.25, 0.3) is 0 Å². The van der Waals surface area contributed by atoms with Gasteiger partial charge < -0.3 is 0 Å². The Hall–Kier alpha value is 0.290. The fourth-order valence-corrected chi connectivity index (χ4v) is 2.34. The first-order chi connectivity index (χ1) is 7.62. The second-order valence-electron chi connectivity index (χ2n) is 6.14. The molecule has 0 N–H and O–H groups in total. The van der Waals surface area contributed by atoms with Crippen LogP contribution in [0.25, 0.3) is 0 Å². The molecule has 0 aromatic carbocycles. The molecule has 0 nitrogen and oxygen atoms in total. The van der Waals surface area contributed by atoms with E-state index in [4.69, 9.17) is 0 Å². The molecule has 0 aromatic rings. The van der Waals surface area contributed by atoms with Crippen LogP contribution in [0.1, 0.15) is 98.3 Å². The highest BCUT2D eigenvalue weighted by molar-refractivity contribution is 5.85. The summed E-state index contributed by atoms with van der Waals surface area (Å²) in [4.78, 5) is 0. The van der Waals surface area contributed by atoms with Gasteiger partial charge in [-0.1, -0.05) is 85.5 Å². The summed E-state index contributed by atoms with van der Waals surface area (Å²) in [6, 6.07) is 0. The highest BCUT2D eigenvalue weighted by atomic mass is 35.5. The molecule has 0 aliphatic heterocycles. The van der Waals surface area contributed by atoms with E-state index in [0.717, 1.165) is 0 Å². The van der Waals surface area contributed by atoms with Crippen molar-refractivity contribution in [2.45, 2.75) is 98.3 Å². The van der Waals surface area contributed by atoms with Crippen molar-refractivity contribution < 1.29 is 0 Å². The van der Waals surface area contributed by atoms with E-state index in [9.17, 15) is 0 Å². The van der Waals surface area contributed by atoms with Gasteiger partial charge in [0.1, 0.15) is 0 Å². The minimum Gasteiger partial charge on any atom is -0.147 e. The Morgan fingerprint density at radius 1 is 0.588 bits per heavy atom. The second-order valence-corrected chi connectivity index (χ2v) is 6.14. The van der Waals surface area contributed by atoms with Crippen LogP contribution in [0.3, 0.4) is 0 Å². The van der Waals surface area contributed by atoms with E-state index >= 15 is 0 Å². The Morgan fingerprint density at radius 3 is 1.53 bits per heavy atom. The van der Waals surface area contributed by atoms with Crippen LogP contribution in [0.5, 0.6) is 0 Å². The Bertz CT molecular complexity index is 140. The van der Waals surface area contributed by atoms with E-state index in [1.807, 2.05) is 0 Å². The van der Waals surface area contributed by atoms with Crippen molar-refractivity contribution in [2.75, 3.05) is 0 Å². The van der Waals surface area contributed by atoms with Crippen molar-refractivity contribution in [3.05, 3.63) is 0 Å². The third kappa shape index (κ3) is 14.2. The first kappa shape index (κ1) is 19.6. The van der Waals surface area contributed by atoms with Crippen LogP contribution in [0.2, 0.25) is 0 Å². The van der Waals surface area contributed by atoms with Crippen LogP contribution in [-0.2, 0) is 0 Å². The van der Waals surface area contributed by atoms with Gasteiger partial charge in [-0.3, -0.25) is 0 Å². The molecular formula is C16H35Cl. The predicted octanol–water partition coefficient (Wildman–Crippen LogP) is 6.77. The lowest BCUT2D eigenvalue weighted by atomic mass is 9.82. The molecule has 0 amide bonds. The summed E-state index contributed by atoms with van der Waals surface area (Å²) in [5.74, 6) is 0. The monoisotopic (exact) mass is 262 g/mol. The average molecular weight is 263 g/mol. The first-order valence-corrected chi connectivity index (χ1v) is 7.62. The van der Waals surface area contributed by atoms with Crippen LogP contribution in [0, 0.1) is 5.41 Å². The topological polar surface area (TPSA) is 0 Å². The fraction of sp³-hybridized carbons (Fsp3) is 1.00. The average Bonchev–Trinajstić information content (AvgIpc) is 2.25. The summed E-state index contributed by atoms with van der Waals surface area (Å²) >= 11 is 0. The molecule has 1 heteroatoms. The van der Waals surface area contributed by atoms with Crippen molar-refractivity contribution in [1.82, 2.24) is 0 Å². The molecule has 0 unspecified atom stereocenters. The lowest BCUT2D eigenvalue weighted by molar-refractivity contribution is 0.285. The zero-order valence-electron chi connectivity index (χ0n) is 12.7. The molecule has 0 heterocycles. The number of hydrogen-bond donors (Lipinski definition) is 0. The van der Waals surface area contributed by atoms with Crippen molar-refractivity contribution in [3.63, 3.8) is 0 Å². The van der Waals surface area contributed by atoms with E-state index < -0.39 is 0 Å². The van der Waals surface area contributed by atoms with Crippen molar-refractivity contribution in [1.29, 1.82) is 0 Å². The Kier molecular flexibility index (Phi) is 14.7. The predicted molar refractivity (Wildman–Crippen MR) is 83.2 cm³/mol. The highest BCUT2D eigenvalue weighted by Gasteiger charge is 2.15. The number of rotatable bonds is 11. The molecule has 106 valence electrons.